The third-order valence-corrected chi connectivity index (χ3v) is 4.73. The Morgan fingerprint density at radius 3 is 2.80 bits per heavy atom. The van der Waals surface area contributed by atoms with Crippen molar-refractivity contribution in [3.05, 3.63) is 59.7 Å². The van der Waals surface area contributed by atoms with Gasteiger partial charge in [0.05, 0.1) is 0 Å². The highest BCUT2D eigenvalue weighted by atomic mass is 16.4. The van der Waals surface area contributed by atoms with Gasteiger partial charge in [-0.1, -0.05) is 30.3 Å². The zero-order chi connectivity index (χ0) is 17.8. The topological polar surface area (TPSA) is 83.4 Å². The number of aliphatic carboxylic acids is 1. The lowest BCUT2D eigenvalue weighted by atomic mass is 9.86. The predicted molar refractivity (Wildman–Crippen MR) is 91.6 cm³/mol. The molecule has 0 bridgehead atoms. The van der Waals surface area contributed by atoms with Gasteiger partial charge in [-0.05, 0) is 37.3 Å². The Balaban J connectivity index is 1.81. The largest absolute Gasteiger partial charge is 0.480 e. The first-order chi connectivity index (χ1) is 12.1. The van der Waals surface area contributed by atoms with Crippen molar-refractivity contribution in [3.8, 4) is 0 Å². The number of rotatable bonds is 5. The molecule has 0 saturated carbocycles. The maximum atomic E-state index is 13.1. The van der Waals surface area contributed by atoms with Crippen LogP contribution in [0.2, 0.25) is 0 Å². The summed E-state index contributed by atoms with van der Waals surface area (Å²) >= 11 is 0. The van der Waals surface area contributed by atoms with E-state index in [1.54, 1.807) is 13.1 Å². The molecule has 1 heterocycles. The van der Waals surface area contributed by atoms with Crippen molar-refractivity contribution < 1.29 is 14.7 Å². The number of carbonyl (C=O) groups excluding carboxylic acids is 1. The summed E-state index contributed by atoms with van der Waals surface area (Å²) in [5.74, 6) is -1.35. The van der Waals surface area contributed by atoms with Crippen molar-refractivity contribution >= 4 is 11.9 Å². The van der Waals surface area contributed by atoms with Crippen LogP contribution >= 0.6 is 0 Å². The molecular weight excluding hydrogens is 318 g/mol. The smallest absolute Gasteiger partial charge is 0.326 e. The summed E-state index contributed by atoms with van der Waals surface area (Å²) in [6, 6.07) is 8.60. The molecule has 3 rings (SSSR count). The van der Waals surface area contributed by atoms with Gasteiger partial charge in [0.25, 0.3) is 0 Å². The van der Waals surface area contributed by atoms with Crippen LogP contribution in [0.5, 0.6) is 0 Å². The molecule has 1 amide bonds. The summed E-state index contributed by atoms with van der Waals surface area (Å²) in [6.45, 7) is 1.85. The number of carbonyl (C=O) groups is 2. The molecule has 2 unspecified atom stereocenters. The number of fused-ring (bicyclic) bond motifs is 1. The van der Waals surface area contributed by atoms with Gasteiger partial charge in [0.1, 0.15) is 12.4 Å². The molecule has 1 N–H and O–H groups in total. The van der Waals surface area contributed by atoms with Crippen LogP contribution in [0.15, 0.2) is 42.9 Å². The summed E-state index contributed by atoms with van der Waals surface area (Å²) in [4.78, 5) is 34.3. The lowest BCUT2D eigenvalue weighted by Gasteiger charge is -2.32. The normalized spacial score (nSPS) is 17.4. The third kappa shape index (κ3) is 3.84. The lowest BCUT2D eigenvalue weighted by Crippen LogP contribution is -2.46. The SMILES string of the molecule is CC(C(=O)O)N(Cc1ccccc1)C(=O)C1CCc2ncncc2C1. The minimum absolute atomic E-state index is 0.117. The Bertz CT molecular complexity index is 764. The molecule has 0 spiro atoms. The van der Waals surface area contributed by atoms with Crippen molar-refractivity contribution in [2.75, 3.05) is 0 Å². The predicted octanol–water partition coefficient (Wildman–Crippen LogP) is 2.08. The van der Waals surface area contributed by atoms with Gasteiger partial charge in [0, 0.05) is 24.4 Å². The second kappa shape index (κ2) is 7.42. The average Bonchev–Trinajstić information content (AvgIpc) is 2.65. The zero-order valence-electron chi connectivity index (χ0n) is 14.1. The summed E-state index contributed by atoms with van der Waals surface area (Å²) in [7, 11) is 0. The van der Waals surface area contributed by atoms with Crippen LogP contribution in [0, 0.1) is 5.92 Å². The van der Waals surface area contributed by atoms with E-state index in [4.69, 9.17) is 0 Å². The maximum Gasteiger partial charge on any atom is 0.326 e. The van der Waals surface area contributed by atoms with E-state index in [0.29, 0.717) is 19.4 Å². The van der Waals surface area contributed by atoms with E-state index in [2.05, 4.69) is 9.97 Å². The molecule has 25 heavy (non-hydrogen) atoms. The highest BCUT2D eigenvalue weighted by Crippen LogP contribution is 2.26. The van der Waals surface area contributed by atoms with Crippen LogP contribution in [-0.2, 0) is 29.0 Å². The van der Waals surface area contributed by atoms with Gasteiger partial charge in [0.2, 0.25) is 5.91 Å². The third-order valence-electron chi connectivity index (χ3n) is 4.73. The summed E-state index contributed by atoms with van der Waals surface area (Å²) in [6.07, 6.45) is 5.24. The van der Waals surface area contributed by atoms with Crippen LogP contribution in [-0.4, -0.2) is 37.9 Å². The van der Waals surface area contributed by atoms with E-state index in [0.717, 1.165) is 23.2 Å². The number of aromatic nitrogens is 2. The number of nitrogens with zero attached hydrogens (tertiary/aromatic N) is 3. The first kappa shape index (κ1) is 17.1. The number of aryl methyl sites for hydroxylation is 1. The molecule has 1 aromatic carbocycles. The average molecular weight is 339 g/mol. The Kier molecular flexibility index (Phi) is 5.07. The van der Waals surface area contributed by atoms with E-state index in [1.165, 1.54) is 11.2 Å². The molecule has 130 valence electrons. The van der Waals surface area contributed by atoms with Gasteiger partial charge in [-0.15, -0.1) is 0 Å². The van der Waals surface area contributed by atoms with Crippen LogP contribution in [0.4, 0.5) is 0 Å². The Labute approximate surface area is 146 Å². The molecule has 1 aliphatic rings. The highest BCUT2D eigenvalue weighted by Gasteiger charge is 2.33. The van der Waals surface area contributed by atoms with E-state index >= 15 is 0 Å². The zero-order valence-corrected chi connectivity index (χ0v) is 14.1. The monoisotopic (exact) mass is 339 g/mol. The molecule has 2 aromatic rings. The van der Waals surface area contributed by atoms with Crippen LogP contribution in [0.1, 0.15) is 30.2 Å². The van der Waals surface area contributed by atoms with Gasteiger partial charge in [-0.25, -0.2) is 14.8 Å². The van der Waals surface area contributed by atoms with Gasteiger partial charge in [-0.3, -0.25) is 4.79 Å². The molecule has 1 aromatic heterocycles. The second-order valence-electron chi connectivity index (χ2n) is 6.40. The van der Waals surface area contributed by atoms with Crippen molar-refractivity contribution in [2.45, 2.75) is 38.8 Å². The lowest BCUT2D eigenvalue weighted by molar-refractivity contribution is -0.152. The van der Waals surface area contributed by atoms with Gasteiger partial charge >= 0.3 is 5.97 Å². The molecule has 0 radical (unpaired) electrons. The van der Waals surface area contributed by atoms with Crippen molar-refractivity contribution in [2.24, 2.45) is 5.92 Å². The van der Waals surface area contributed by atoms with Crippen LogP contribution in [0.25, 0.3) is 0 Å². The highest BCUT2D eigenvalue weighted by molar-refractivity contribution is 5.85. The molecule has 0 saturated heterocycles. The molecule has 0 aliphatic heterocycles. The molecule has 6 nitrogen and oxygen atoms in total. The minimum atomic E-state index is -0.996. The fourth-order valence-electron chi connectivity index (χ4n) is 3.22. The van der Waals surface area contributed by atoms with E-state index in [9.17, 15) is 14.7 Å². The molecular formula is C19H21N3O3. The quantitative estimate of drug-likeness (QED) is 0.902. The van der Waals surface area contributed by atoms with Gasteiger partial charge in [-0.2, -0.15) is 0 Å². The molecule has 6 heteroatoms. The first-order valence-electron chi connectivity index (χ1n) is 8.41. The van der Waals surface area contributed by atoms with Gasteiger partial charge in [0.15, 0.2) is 0 Å². The summed E-state index contributed by atoms with van der Waals surface area (Å²) < 4.78 is 0. The first-order valence-corrected chi connectivity index (χ1v) is 8.41. The number of hydrogen-bond acceptors (Lipinski definition) is 4. The molecule has 1 aliphatic carbocycles. The number of carboxylic acid groups (broad SMARTS) is 1. The minimum Gasteiger partial charge on any atom is -0.480 e. The Hall–Kier alpha value is -2.76. The van der Waals surface area contributed by atoms with E-state index in [1.807, 2.05) is 30.3 Å². The summed E-state index contributed by atoms with van der Waals surface area (Å²) in [5, 5.41) is 9.42. The van der Waals surface area contributed by atoms with Crippen molar-refractivity contribution in [1.82, 2.24) is 14.9 Å². The maximum absolute atomic E-state index is 13.1. The Morgan fingerprint density at radius 1 is 1.32 bits per heavy atom. The fourth-order valence-corrected chi connectivity index (χ4v) is 3.22. The summed E-state index contributed by atoms with van der Waals surface area (Å²) in [5.41, 5.74) is 2.89. The molecule has 0 fully saturated rings. The van der Waals surface area contributed by atoms with Crippen LogP contribution < -0.4 is 0 Å². The standard InChI is InChI=1S/C19H21N3O3/c1-13(19(24)25)22(11-14-5-3-2-4-6-14)18(23)15-7-8-17-16(9-15)10-20-12-21-17/h2-6,10,12-13,15H,7-9,11H2,1H3,(H,24,25). The van der Waals surface area contributed by atoms with Crippen molar-refractivity contribution in [1.29, 1.82) is 0 Å². The van der Waals surface area contributed by atoms with Crippen LogP contribution in [0.3, 0.4) is 0 Å². The van der Waals surface area contributed by atoms with E-state index in [-0.39, 0.29) is 11.8 Å². The second-order valence-corrected chi connectivity index (χ2v) is 6.40. The number of amides is 1. The number of benzene rings is 1. The van der Waals surface area contributed by atoms with Crippen molar-refractivity contribution in [3.63, 3.8) is 0 Å². The van der Waals surface area contributed by atoms with E-state index < -0.39 is 12.0 Å². The number of carboxylic acids is 1. The molecule has 2 atom stereocenters. The van der Waals surface area contributed by atoms with Gasteiger partial charge < -0.3 is 10.0 Å². The Morgan fingerprint density at radius 2 is 2.08 bits per heavy atom. The fraction of sp³-hybridized carbons (Fsp3) is 0.368. The number of hydrogen-bond donors (Lipinski definition) is 1.